The summed E-state index contributed by atoms with van der Waals surface area (Å²) in [5.74, 6) is -1.67. The van der Waals surface area contributed by atoms with Gasteiger partial charge in [0.25, 0.3) is 5.69 Å². The summed E-state index contributed by atoms with van der Waals surface area (Å²) in [5, 5.41) is 20.1. The van der Waals surface area contributed by atoms with Crippen molar-refractivity contribution < 1.29 is 14.8 Å². The van der Waals surface area contributed by atoms with Gasteiger partial charge in [0.2, 0.25) is 0 Å². The van der Waals surface area contributed by atoms with Gasteiger partial charge < -0.3 is 10.8 Å². The minimum absolute atomic E-state index is 0.0758. The molecule has 2 aromatic carbocycles. The monoisotopic (exact) mass is 300 g/mol. The summed E-state index contributed by atoms with van der Waals surface area (Å²) >= 11 is 0. The molecular formula is C16H16N2O4. The summed E-state index contributed by atoms with van der Waals surface area (Å²) in [6.07, 6.45) is 0.398. The number of non-ortho nitro benzene ring substituents is 1. The predicted octanol–water partition coefficient (Wildman–Crippen LogP) is 2.33. The molecule has 0 fully saturated rings. The smallest absolute Gasteiger partial charge is 0.321 e. The Morgan fingerprint density at radius 2 is 1.86 bits per heavy atom. The highest BCUT2D eigenvalue weighted by molar-refractivity contribution is 5.74. The van der Waals surface area contributed by atoms with Gasteiger partial charge in [-0.3, -0.25) is 14.9 Å². The van der Waals surface area contributed by atoms with Crippen LogP contribution >= 0.6 is 0 Å². The summed E-state index contributed by atoms with van der Waals surface area (Å²) in [5.41, 5.74) is 7.20. The van der Waals surface area contributed by atoms with E-state index in [1.807, 2.05) is 30.3 Å². The van der Waals surface area contributed by atoms with Gasteiger partial charge in [-0.2, -0.15) is 0 Å². The van der Waals surface area contributed by atoms with Crippen LogP contribution in [0.1, 0.15) is 17.0 Å². The Kier molecular flexibility index (Phi) is 4.85. The van der Waals surface area contributed by atoms with Crippen LogP contribution in [0.3, 0.4) is 0 Å². The molecule has 0 radical (unpaired) electrons. The van der Waals surface area contributed by atoms with Crippen LogP contribution < -0.4 is 5.73 Å². The third kappa shape index (κ3) is 3.67. The highest BCUT2D eigenvalue weighted by Crippen LogP contribution is 2.27. The van der Waals surface area contributed by atoms with E-state index >= 15 is 0 Å². The van der Waals surface area contributed by atoms with Crippen LogP contribution in [0.5, 0.6) is 0 Å². The minimum Gasteiger partial charge on any atom is -0.480 e. The third-order valence-electron chi connectivity index (χ3n) is 3.53. The van der Waals surface area contributed by atoms with Crippen molar-refractivity contribution in [3.05, 3.63) is 75.8 Å². The topological polar surface area (TPSA) is 106 Å². The van der Waals surface area contributed by atoms with E-state index < -0.39 is 22.9 Å². The zero-order chi connectivity index (χ0) is 16.1. The van der Waals surface area contributed by atoms with Crippen molar-refractivity contribution in [3.63, 3.8) is 0 Å². The standard InChI is InChI=1S/C16H16N2O4/c17-15(16(19)20)14(9-11-5-2-1-3-6-11)12-7-4-8-13(10-12)18(21)22/h1-8,10,14-15H,9,17H2,(H,19,20)/t14?,15-/m0/s1. The Balaban J connectivity index is 2.38. The molecule has 0 aliphatic carbocycles. The van der Waals surface area contributed by atoms with Gasteiger partial charge in [-0.25, -0.2) is 0 Å². The first kappa shape index (κ1) is 15.7. The Hall–Kier alpha value is -2.73. The Bertz CT molecular complexity index is 673. The van der Waals surface area contributed by atoms with Gasteiger partial charge in [-0.05, 0) is 17.5 Å². The number of nitrogens with two attached hydrogens (primary N) is 1. The maximum absolute atomic E-state index is 11.3. The van der Waals surface area contributed by atoms with Crippen molar-refractivity contribution in [3.8, 4) is 0 Å². The van der Waals surface area contributed by atoms with Crippen LogP contribution in [0, 0.1) is 10.1 Å². The predicted molar refractivity (Wildman–Crippen MR) is 81.6 cm³/mol. The fourth-order valence-corrected chi connectivity index (χ4v) is 2.36. The highest BCUT2D eigenvalue weighted by atomic mass is 16.6. The molecule has 6 heteroatoms. The van der Waals surface area contributed by atoms with Crippen molar-refractivity contribution in [2.24, 2.45) is 5.73 Å². The van der Waals surface area contributed by atoms with Crippen molar-refractivity contribution in [2.75, 3.05) is 0 Å². The molecule has 0 aliphatic heterocycles. The number of carboxylic acid groups (broad SMARTS) is 1. The molecule has 0 bridgehead atoms. The molecule has 22 heavy (non-hydrogen) atoms. The van der Waals surface area contributed by atoms with Crippen LogP contribution in [-0.2, 0) is 11.2 Å². The maximum Gasteiger partial charge on any atom is 0.321 e. The molecule has 6 nitrogen and oxygen atoms in total. The molecule has 0 heterocycles. The van der Waals surface area contributed by atoms with E-state index in [9.17, 15) is 20.0 Å². The van der Waals surface area contributed by atoms with Gasteiger partial charge in [0.15, 0.2) is 0 Å². The fraction of sp³-hybridized carbons (Fsp3) is 0.188. The largest absolute Gasteiger partial charge is 0.480 e. The van der Waals surface area contributed by atoms with Crippen LogP contribution in [0.15, 0.2) is 54.6 Å². The molecule has 0 saturated heterocycles. The van der Waals surface area contributed by atoms with Gasteiger partial charge in [0.1, 0.15) is 6.04 Å². The maximum atomic E-state index is 11.3. The second-order valence-corrected chi connectivity index (χ2v) is 5.01. The SMILES string of the molecule is N[C@H](C(=O)O)C(Cc1ccccc1)c1cccc([N+](=O)[O-])c1. The Morgan fingerprint density at radius 1 is 1.18 bits per heavy atom. The number of carboxylic acids is 1. The molecule has 114 valence electrons. The molecule has 0 spiro atoms. The first-order valence-corrected chi connectivity index (χ1v) is 6.75. The molecule has 0 aliphatic rings. The molecule has 2 aromatic rings. The van der Waals surface area contributed by atoms with E-state index in [2.05, 4.69) is 0 Å². The summed E-state index contributed by atoms with van der Waals surface area (Å²) in [7, 11) is 0. The van der Waals surface area contributed by atoms with Crippen LogP contribution in [0.2, 0.25) is 0 Å². The first-order chi connectivity index (χ1) is 10.5. The number of nitrogens with zero attached hydrogens (tertiary/aromatic N) is 1. The van der Waals surface area contributed by atoms with E-state index in [0.29, 0.717) is 12.0 Å². The quantitative estimate of drug-likeness (QED) is 0.629. The Morgan fingerprint density at radius 3 is 2.45 bits per heavy atom. The zero-order valence-electron chi connectivity index (χ0n) is 11.8. The summed E-state index contributed by atoms with van der Waals surface area (Å²) < 4.78 is 0. The number of aliphatic carboxylic acids is 1. The molecule has 3 N–H and O–H groups in total. The van der Waals surface area contributed by atoms with Gasteiger partial charge in [-0.15, -0.1) is 0 Å². The minimum atomic E-state index is -1.14. The van der Waals surface area contributed by atoms with Crippen molar-refractivity contribution in [2.45, 2.75) is 18.4 Å². The molecule has 0 saturated carbocycles. The normalized spacial score (nSPS) is 13.3. The summed E-state index contributed by atoms with van der Waals surface area (Å²) in [4.78, 5) is 21.7. The van der Waals surface area contributed by atoms with Gasteiger partial charge in [0, 0.05) is 18.1 Å². The Labute approximate surface area is 127 Å². The fourth-order valence-electron chi connectivity index (χ4n) is 2.36. The highest BCUT2D eigenvalue weighted by Gasteiger charge is 2.27. The average Bonchev–Trinajstić information content (AvgIpc) is 2.53. The van der Waals surface area contributed by atoms with E-state index in [4.69, 9.17) is 5.73 Å². The lowest BCUT2D eigenvalue weighted by Gasteiger charge is -2.21. The van der Waals surface area contributed by atoms with Gasteiger partial charge in [-0.1, -0.05) is 42.5 Å². The number of benzene rings is 2. The van der Waals surface area contributed by atoms with Crippen LogP contribution in [0.25, 0.3) is 0 Å². The van der Waals surface area contributed by atoms with Crippen molar-refractivity contribution in [1.82, 2.24) is 0 Å². The number of hydrogen-bond acceptors (Lipinski definition) is 4. The number of hydrogen-bond donors (Lipinski definition) is 2. The summed E-state index contributed by atoms with van der Waals surface area (Å²) in [6.45, 7) is 0. The first-order valence-electron chi connectivity index (χ1n) is 6.75. The molecule has 1 unspecified atom stereocenters. The average molecular weight is 300 g/mol. The molecular weight excluding hydrogens is 284 g/mol. The number of nitro benzene ring substituents is 1. The van der Waals surface area contributed by atoms with Crippen LogP contribution in [0.4, 0.5) is 5.69 Å². The van der Waals surface area contributed by atoms with E-state index in [1.165, 1.54) is 12.1 Å². The molecule has 2 rings (SSSR count). The number of nitro groups is 1. The van der Waals surface area contributed by atoms with E-state index in [-0.39, 0.29) is 5.69 Å². The molecule has 0 amide bonds. The number of carbonyl (C=O) groups is 1. The van der Waals surface area contributed by atoms with E-state index in [0.717, 1.165) is 5.56 Å². The lowest BCUT2D eigenvalue weighted by molar-refractivity contribution is -0.384. The molecule has 2 atom stereocenters. The second kappa shape index (κ2) is 6.82. The zero-order valence-corrected chi connectivity index (χ0v) is 11.8. The third-order valence-corrected chi connectivity index (χ3v) is 3.53. The van der Waals surface area contributed by atoms with Crippen molar-refractivity contribution >= 4 is 11.7 Å². The van der Waals surface area contributed by atoms with E-state index in [1.54, 1.807) is 12.1 Å². The summed E-state index contributed by atoms with van der Waals surface area (Å²) in [6, 6.07) is 14.1. The van der Waals surface area contributed by atoms with Crippen LogP contribution in [-0.4, -0.2) is 22.0 Å². The van der Waals surface area contributed by atoms with Gasteiger partial charge in [0.05, 0.1) is 4.92 Å². The van der Waals surface area contributed by atoms with Crippen molar-refractivity contribution in [1.29, 1.82) is 0 Å². The lowest BCUT2D eigenvalue weighted by atomic mass is 9.86. The second-order valence-electron chi connectivity index (χ2n) is 5.01. The van der Waals surface area contributed by atoms with Gasteiger partial charge >= 0.3 is 5.97 Å². The molecule has 0 aromatic heterocycles. The number of rotatable bonds is 6. The lowest BCUT2D eigenvalue weighted by Crippen LogP contribution is -2.37.